The van der Waals surface area contributed by atoms with Crippen LogP contribution in [0.3, 0.4) is 0 Å². The quantitative estimate of drug-likeness (QED) is 0.800. The Morgan fingerprint density at radius 2 is 1.89 bits per heavy atom. The van der Waals surface area contributed by atoms with Crippen LogP contribution in [0.2, 0.25) is 5.02 Å². The van der Waals surface area contributed by atoms with E-state index in [-0.39, 0.29) is 11.7 Å². The Morgan fingerprint density at radius 1 is 1.22 bits per heavy atom. The minimum atomic E-state index is -0.335. The zero-order chi connectivity index (χ0) is 13.1. The Labute approximate surface area is 110 Å². The van der Waals surface area contributed by atoms with E-state index in [1.807, 2.05) is 12.1 Å². The molecule has 0 N–H and O–H groups in total. The van der Waals surface area contributed by atoms with Gasteiger partial charge >= 0.3 is 5.91 Å². The number of carbonyl (C=O) groups is 1. The first-order chi connectivity index (χ1) is 8.61. The maximum atomic E-state index is 11.8. The molecule has 0 aliphatic heterocycles. The first kappa shape index (κ1) is 12.7. The zero-order valence-corrected chi connectivity index (χ0v) is 10.8. The minimum absolute atomic E-state index is 0.226. The number of nitrogens with zero attached hydrogens (tertiary/aromatic N) is 1. The summed E-state index contributed by atoms with van der Waals surface area (Å²) in [7, 11) is 2.94. The molecule has 0 unspecified atom stereocenters. The van der Waals surface area contributed by atoms with Crippen LogP contribution in [-0.4, -0.2) is 25.1 Å². The molecule has 0 aliphatic carbocycles. The van der Waals surface area contributed by atoms with Crippen molar-refractivity contribution < 1.29 is 14.0 Å². The lowest BCUT2D eigenvalue weighted by Gasteiger charge is -2.11. The number of hydrogen-bond donors (Lipinski definition) is 0. The number of hydroxylamine groups is 2. The third-order valence-electron chi connectivity index (χ3n) is 2.51. The Balaban J connectivity index is 2.25. The van der Waals surface area contributed by atoms with Crippen molar-refractivity contribution in [3.8, 4) is 11.3 Å². The van der Waals surface area contributed by atoms with Crippen LogP contribution in [0.1, 0.15) is 10.6 Å². The fourth-order valence-electron chi connectivity index (χ4n) is 1.46. The van der Waals surface area contributed by atoms with Gasteiger partial charge in [0.2, 0.25) is 0 Å². The Kier molecular flexibility index (Phi) is 3.69. The van der Waals surface area contributed by atoms with Crippen LogP contribution < -0.4 is 0 Å². The van der Waals surface area contributed by atoms with Crippen LogP contribution in [0, 0.1) is 0 Å². The smallest absolute Gasteiger partial charge is 0.312 e. The highest BCUT2D eigenvalue weighted by molar-refractivity contribution is 6.30. The molecule has 0 aliphatic rings. The number of hydrogen-bond acceptors (Lipinski definition) is 3. The van der Waals surface area contributed by atoms with E-state index in [2.05, 4.69) is 0 Å². The first-order valence-electron chi connectivity index (χ1n) is 5.30. The summed E-state index contributed by atoms with van der Waals surface area (Å²) < 4.78 is 5.48. The molecular formula is C13H12ClNO3. The van der Waals surface area contributed by atoms with Crippen LogP contribution in [-0.2, 0) is 4.84 Å². The van der Waals surface area contributed by atoms with E-state index < -0.39 is 0 Å². The highest BCUT2D eigenvalue weighted by Gasteiger charge is 2.16. The molecule has 18 heavy (non-hydrogen) atoms. The third-order valence-corrected chi connectivity index (χ3v) is 2.76. The van der Waals surface area contributed by atoms with Gasteiger partial charge < -0.3 is 4.42 Å². The highest BCUT2D eigenvalue weighted by Crippen LogP contribution is 2.24. The van der Waals surface area contributed by atoms with Gasteiger partial charge in [-0.15, -0.1) is 0 Å². The monoisotopic (exact) mass is 265 g/mol. The normalized spacial score (nSPS) is 10.4. The molecular weight excluding hydrogens is 254 g/mol. The van der Waals surface area contributed by atoms with Gasteiger partial charge in [-0.1, -0.05) is 11.6 Å². The lowest BCUT2D eigenvalue weighted by atomic mass is 10.2. The number of halogens is 1. The average Bonchev–Trinajstić information content (AvgIpc) is 2.87. The second-order valence-electron chi connectivity index (χ2n) is 3.66. The number of rotatable bonds is 3. The van der Waals surface area contributed by atoms with Crippen molar-refractivity contribution in [1.29, 1.82) is 0 Å². The number of amides is 1. The summed E-state index contributed by atoms with van der Waals surface area (Å²) in [6.07, 6.45) is 0. The SMILES string of the molecule is CON(C)C(=O)c1ccc(-c2ccc(Cl)cc2)o1. The number of benzene rings is 1. The fraction of sp³-hybridized carbons (Fsp3) is 0.154. The molecule has 94 valence electrons. The van der Waals surface area contributed by atoms with Gasteiger partial charge in [-0.3, -0.25) is 9.63 Å². The van der Waals surface area contributed by atoms with Crippen molar-refractivity contribution >= 4 is 17.5 Å². The molecule has 0 spiro atoms. The summed E-state index contributed by atoms with van der Waals surface area (Å²) in [6, 6.07) is 10.5. The van der Waals surface area contributed by atoms with Crippen LogP contribution in [0.5, 0.6) is 0 Å². The van der Waals surface area contributed by atoms with E-state index in [1.54, 1.807) is 24.3 Å². The highest BCUT2D eigenvalue weighted by atomic mass is 35.5. The van der Waals surface area contributed by atoms with Gasteiger partial charge in [0.25, 0.3) is 0 Å². The molecule has 5 heteroatoms. The summed E-state index contributed by atoms with van der Waals surface area (Å²) >= 11 is 5.81. The maximum absolute atomic E-state index is 11.8. The number of furan rings is 1. The molecule has 0 radical (unpaired) electrons. The molecule has 0 saturated heterocycles. The van der Waals surface area contributed by atoms with E-state index in [1.165, 1.54) is 14.2 Å². The summed E-state index contributed by atoms with van der Waals surface area (Å²) in [5, 5.41) is 1.76. The van der Waals surface area contributed by atoms with E-state index in [9.17, 15) is 4.79 Å². The van der Waals surface area contributed by atoms with Gasteiger partial charge in [0, 0.05) is 17.6 Å². The second kappa shape index (κ2) is 5.25. The predicted molar refractivity (Wildman–Crippen MR) is 68.3 cm³/mol. The van der Waals surface area contributed by atoms with Crippen LogP contribution in [0.25, 0.3) is 11.3 Å². The lowest BCUT2D eigenvalue weighted by molar-refractivity contribution is -0.0773. The first-order valence-corrected chi connectivity index (χ1v) is 5.67. The summed E-state index contributed by atoms with van der Waals surface area (Å²) in [5.74, 6) is 0.501. The summed E-state index contributed by atoms with van der Waals surface area (Å²) in [5.41, 5.74) is 0.860. The van der Waals surface area contributed by atoms with Gasteiger partial charge in [0.1, 0.15) is 5.76 Å². The van der Waals surface area contributed by atoms with E-state index in [0.29, 0.717) is 10.8 Å². The van der Waals surface area contributed by atoms with Gasteiger partial charge in [-0.25, -0.2) is 5.06 Å². The molecule has 1 aromatic heterocycles. The van der Waals surface area contributed by atoms with E-state index in [0.717, 1.165) is 10.6 Å². The minimum Gasteiger partial charge on any atom is -0.451 e. The summed E-state index contributed by atoms with van der Waals surface area (Å²) in [6.45, 7) is 0. The topological polar surface area (TPSA) is 42.7 Å². The van der Waals surface area contributed by atoms with Crippen LogP contribution in [0.15, 0.2) is 40.8 Å². The molecule has 0 saturated carbocycles. The fourth-order valence-corrected chi connectivity index (χ4v) is 1.59. The Hall–Kier alpha value is -1.78. The van der Waals surface area contributed by atoms with Gasteiger partial charge in [0.15, 0.2) is 5.76 Å². The molecule has 1 heterocycles. The molecule has 1 aromatic carbocycles. The lowest BCUT2D eigenvalue weighted by Crippen LogP contribution is -2.24. The van der Waals surface area contributed by atoms with Crippen molar-refractivity contribution in [2.75, 3.05) is 14.2 Å². The zero-order valence-electron chi connectivity index (χ0n) is 10.0. The van der Waals surface area contributed by atoms with Crippen molar-refractivity contribution in [3.63, 3.8) is 0 Å². The molecule has 4 nitrogen and oxygen atoms in total. The van der Waals surface area contributed by atoms with Crippen molar-refractivity contribution in [1.82, 2.24) is 5.06 Å². The third kappa shape index (κ3) is 2.55. The maximum Gasteiger partial charge on any atom is 0.312 e. The van der Waals surface area contributed by atoms with Crippen molar-refractivity contribution in [2.45, 2.75) is 0 Å². The molecule has 1 amide bonds. The van der Waals surface area contributed by atoms with E-state index in [4.69, 9.17) is 20.9 Å². The Morgan fingerprint density at radius 3 is 2.50 bits per heavy atom. The Bertz CT molecular complexity index is 548. The molecule has 0 atom stereocenters. The molecule has 2 aromatic rings. The molecule has 0 bridgehead atoms. The van der Waals surface area contributed by atoms with E-state index >= 15 is 0 Å². The average molecular weight is 266 g/mol. The molecule has 0 fully saturated rings. The number of carbonyl (C=O) groups excluding carboxylic acids is 1. The van der Waals surface area contributed by atoms with Gasteiger partial charge in [-0.05, 0) is 36.4 Å². The van der Waals surface area contributed by atoms with Gasteiger partial charge in [0.05, 0.1) is 7.11 Å². The predicted octanol–water partition coefficient (Wildman–Crippen LogP) is 3.23. The van der Waals surface area contributed by atoms with Crippen molar-refractivity contribution in [2.24, 2.45) is 0 Å². The second-order valence-corrected chi connectivity index (χ2v) is 4.09. The standard InChI is InChI=1S/C13H12ClNO3/c1-15(17-2)13(16)12-8-7-11(18-12)9-3-5-10(14)6-4-9/h3-8H,1-2H3. The van der Waals surface area contributed by atoms with Crippen molar-refractivity contribution in [3.05, 3.63) is 47.2 Å². The van der Waals surface area contributed by atoms with Crippen LogP contribution >= 0.6 is 11.6 Å². The molecule has 2 rings (SSSR count). The largest absolute Gasteiger partial charge is 0.451 e. The van der Waals surface area contributed by atoms with Crippen LogP contribution in [0.4, 0.5) is 0 Å². The summed E-state index contributed by atoms with van der Waals surface area (Å²) in [4.78, 5) is 16.6. The van der Waals surface area contributed by atoms with Gasteiger partial charge in [-0.2, -0.15) is 0 Å².